The SMILES string of the molecule is CC(=O)O/N=C(/C(=N/OC(C)=O)n1nc(C)cc1C)n1nc(C)cc1C. The van der Waals surface area contributed by atoms with Crippen LogP contribution in [0.3, 0.4) is 0 Å². The predicted octanol–water partition coefficient (Wildman–Crippen LogP) is 1.46. The monoisotopic (exact) mass is 360 g/mol. The second-order valence-electron chi connectivity index (χ2n) is 5.67. The molecule has 0 aliphatic rings. The van der Waals surface area contributed by atoms with E-state index in [1.165, 1.54) is 23.2 Å². The third-order valence-electron chi connectivity index (χ3n) is 3.14. The molecule has 2 heterocycles. The molecular weight excluding hydrogens is 340 g/mol. The molecule has 10 heteroatoms. The second kappa shape index (κ2) is 7.72. The molecule has 0 aromatic carbocycles. The van der Waals surface area contributed by atoms with Crippen LogP contribution in [0.2, 0.25) is 0 Å². The Morgan fingerprint density at radius 1 is 0.808 bits per heavy atom. The summed E-state index contributed by atoms with van der Waals surface area (Å²) in [7, 11) is 0. The van der Waals surface area contributed by atoms with Crippen LogP contribution >= 0.6 is 0 Å². The van der Waals surface area contributed by atoms with E-state index in [1.54, 1.807) is 27.7 Å². The first kappa shape index (κ1) is 19.0. The molecule has 0 atom stereocenters. The van der Waals surface area contributed by atoms with E-state index >= 15 is 0 Å². The molecule has 2 aromatic rings. The van der Waals surface area contributed by atoms with Gasteiger partial charge in [-0.3, -0.25) is 0 Å². The van der Waals surface area contributed by atoms with Gasteiger partial charge in [-0.15, -0.1) is 0 Å². The van der Waals surface area contributed by atoms with Crippen LogP contribution in [-0.2, 0) is 19.3 Å². The van der Waals surface area contributed by atoms with Crippen LogP contribution in [0.5, 0.6) is 0 Å². The van der Waals surface area contributed by atoms with Gasteiger partial charge >= 0.3 is 11.9 Å². The largest absolute Gasteiger partial charge is 0.332 e. The van der Waals surface area contributed by atoms with E-state index in [2.05, 4.69) is 20.5 Å². The molecule has 0 spiro atoms. The highest BCUT2D eigenvalue weighted by molar-refractivity contribution is 6.41. The molecule has 0 N–H and O–H groups in total. The number of hydrogen-bond donors (Lipinski definition) is 0. The molecule has 0 fully saturated rings. The summed E-state index contributed by atoms with van der Waals surface area (Å²) in [5, 5.41) is 16.4. The fraction of sp³-hybridized carbons (Fsp3) is 0.375. The number of rotatable bonds is 2. The van der Waals surface area contributed by atoms with Crippen LogP contribution in [0.15, 0.2) is 22.4 Å². The molecule has 0 unspecified atom stereocenters. The van der Waals surface area contributed by atoms with Crippen LogP contribution < -0.4 is 0 Å². The Labute approximate surface area is 150 Å². The van der Waals surface area contributed by atoms with E-state index in [-0.39, 0.29) is 11.7 Å². The average molecular weight is 360 g/mol. The minimum Gasteiger partial charge on any atom is -0.316 e. The Morgan fingerprint density at radius 2 is 1.15 bits per heavy atom. The highest BCUT2D eigenvalue weighted by Crippen LogP contribution is 2.08. The van der Waals surface area contributed by atoms with Crippen LogP contribution in [0, 0.1) is 27.7 Å². The number of hydrogen-bond acceptors (Lipinski definition) is 8. The van der Waals surface area contributed by atoms with Gasteiger partial charge in [-0.1, -0.05) is 10.3 Å². The van der Waals surface area contributed by atoms with Gasteiger partial charge in [0.25, 0.3) is 0 Å². The molecule has 0 saturated carbocycles. The Morgan fingerprint density at radius 3 is 1.38 bits per heavy atom. The fourth-order valence-electron chi connectivity index (χ4n) is 2.25. The summed E-state index contributed by atoms with van der Waals surface area (Å²) in [6.45, 7) is 9.64. The summed E-state index contributed by atoms with van der Waals surface area (Å²) >= 11 is 0. The zero-order valence-electron chi connectivity index (χ0n) is 15.5. The molecule has 2 aromatic heterocycles. The molecule has 10 nitrogen and oxygen atoms in total. The van der Waals surface area contributed by atoms with Crippen molar-refractivity contribution in [1.82, 2.24) is 19.6 Å². The predicted molar refractivity (Wildman–Crippen MR) is 92.6 cm³/mol. The summed E-state index contributed by atoms with van der Waals surface area (Å²) in [5.74, 6) is -1.16. The Hall–Kier alpha value is -3.30. The van der Waals surface area contributed by atoms with Gasteiger partial charge in [-0.05, 0) is 39.8 Å². The Bertz CT molecular complexity index is 832. The zero-order chi connectivity index (χ0) is 19.4. The lowest BCUT2D eigenvalue weighted by atomic mass is 10.4. The van der Waals surface area contributed by atoms with Crippen LogP contribution in [0.4, 0.5) is 0 Å². The quantitative estimate of drug-likeness (QED) is 0.347. The van der Waals surface area contributed by atoms with Crippen LogP contribution in [0.25, 0.3) is 0 Å². The smallest absolute Gasteiger partial charge is 0.316 e. The third-order valence-corrected chi connectivity index (χ3v) is 3.14. The number of aromatic nitrogens is 4. The minimum atomic E-state index is -0.621. The highest BCUT2D eigenvalue weighted by atomic mass is 16.7. The van der Waals surface area contributed by atoms with Crippen LogP contribution in [0.1, 0.15) is 36.6 Å². The maximum Gasteiger partial charge on any atom is 0.332 e. The van der Waals surface area contributed by atoms with Crippen molar-refractivity contribution >= 4 is 23.6 Å². The second-order valence-corrected chi connectivity index (χ2v) is 5.67. The topological polar surface area (TPSA) is 113 Å². The van der Waals surface area contributed by atoms with Gasteiger partial charge < -0.3 is 9.68 Å². The molecule has 2 rings (SSSR count). The maximum atomic E-state index is 11.3. The van der Waals surface area contributed by atoms with Gasteiger partial charge in [0.15, 0.2) is 0 Å². The van der Waals surface area contributed by atoms with Crippen molar-refractivity contribution in [3.05, 3.63) is 34.9 Å². The van der Waals surface area contributed by atoms with Crippen molar-refractivity contribution in [3.8, 4) is 0 Å². The summed E-state index contributed by atoms with van der Waals surface area (Å²) in [6, 6.07) is 3.63. The summed E-state index contributed by atoms with van der Waals surface area (Å²) in [4.78, 5) is 32.1. The molecule has 138 valence electrons. The van der Waals surface area contributed by atoms with Gasteiger partial charge in [-0.25, -0.2) is 19.0 Å². The van der Waals surface area contributed by atoms with Gasteiger partial charge in [0.2, 0.25) is 11.7 Å². The van der Waals surface area contributed by atoms with Crippen molar-refractivity contribution in [2.24, 2.45) is 10.3 Å². The zero-order valence-corrected chi connectivity index (χ0v) is 15.5. The molecule has 26 heavy (non-hydrogen) atoms. The molecule has 0 radical (unpaired) electrons. The molecular formula is C16H20N6O4. The molecule has 0 saturated heterocycles. The number of oxime groups is 2. The first-order valence-corrected chi connectivity index (χ1v) is 7.78. The highest BCUT2D eigenvalue weighted by Gasteiger charge is 2.23. The lowest BCUT2D eigenvalue weighted by molar-refractivity contribution is -0.142. The first-order chi connectivity index (χ1) is 12.2. The van der Waals surface area contributed by atoms with Crippen molar-refractivity contribution in [3.63, 3.8) is 0 Å². The van der Waals surface area contributed by atoms with E-state index in [9.17, 15) is 9.59 Å². The van der Waals surface area contributed by atoms with E-state index in [0.29, 0.717) is 11.4 Å². The van der Waals surface area contributed by atoms with E-state index in [0.717, 1.165) is 11.4 Å². The average Bonchev–Trinajstić information content (AvgIpc) is 3.03. The lowest BCUT2D eigenvalue weighted by Gasteiger charge is -2.11. The maximum absolute atomic E-state index is 11.3. The van der Waals surface area contributed by atoms with E-state index < -0.39 is 11.9 Å². The number of aryl methyl sites for hydroxylation is 4. The Kier molecular flexibility index (Phi) is 5.65. The molecule has 0 aliphatic heterocycles. The van der Waals surface area contributed by atoms with Gasteiger partial charge in [0, 0.05) is 25.2 Å². The van der Waals surface area contributed by atoms with Crippen molar-refractivity contribution in [2.45, 2.75) is 41.5 Å². The fourth-order valence-corrected chi connectivity index (χ4v) is 2.25. The number of nitrogens with zero attached hydrogens (tertiary/aromatic N) is 6. The van der Waals surface area contributed by atoms with Crippen molar-refractivity contribution < 1.29 is 19.3 Å². The minimum absolute atomic E-state index is 0.0400. The molecule has 0 aliphatic carbocycles. The summed E-state index contributed by atoms with van der Waals surface area (Å²) < 4.78 is 2.86. The van der Waals surface area contributed by atoms with Gasteiger partial charge in [0.1, 0.15) is 0 Å². The third kappa shape index (κ3) is 4.41. The molecule has 0 bridgehead atoms. The standard InChI is InChI=1S/C16H20N6O4/c1-9-7-11(3)21(17-9)15(19-25-13(5)23)16(20-26-14(6)24)22-12(4)8-10(2)18-22/h7-8H,1-6H3/b19-15-,20-16-. The number of carbonyl (C=O) groups excluding carboxylic acids is 2. The van der Waals surface area contributed by atoms with E-state index in [1.807, 2.05) is 12.1 Å². The summed E-state index contributed by atoms with van der Waals surface area (Å²) in [6.07, 6.45) is 0. The van der Waals surface area contributed by atoms with E-state index in [4.69, 9.17) is 9.68 Å². The van der Waals surface area contributed by atoms with Crippen molar-refractivity contribution in [1.29, 1.82) is 0 Å². The van der Waals surface area contributed by atoms with Crippen molar-refractivity contribution in [2.75, 3.05) is 0 Å². The number of carbonyl (C=O) groups is 2. The normalized spacial score (nSPS) is 12.2. The Balaban J connectivity index is 2.68. The van der Waals surface area contributed by atoms with Gasteiger partial charge in [0.05, 0.1) is 11.4 Å². The lowest BCUT2D eigenvalue weighted by Crippen LogP contribution is -2.33. The first-order valence-electron chi connectivity index (χ1n) is 7.78. The summed E-state index contributed by atoms with van der Waals surface area (Å²) in [5.41, 5.74) is 2.87. The van der Waals surface area contributed by atoms with Gasteiger partial charge in [-0.2, -0.15) is 10.2 Å². The van der Waals surface area contributed by atoms with Crippen LogP contribution in [-0.4, -0.2) is 43.2 Å². The molecule has 0 amide bonds.